The van der Waals surface area contributed by atoms with Crippen LogP contribution in [0.3, 0.4) is 0 Å². The highest BCUT2D eigenvalue weighted by molar-refractivity contribution is 6.31. The zero-order valence-electron chi connectivity index (χ0n) is 11.0. The summed E-state index contributed by atoms with van der Waals surface area (Å²) < 4.78 is 0. The van der Waals surface area contributed by atoms with Gasteiger partial charge in [0.25, 0.3) is 0 Å². The molecule has 0 amide bonds. The van der Waals surface area contributed by atoms with Crippen LogP contribution >= 0.6 is 11.6 Å². The van der Waals surface area contributed by atoms with Gasteiger partial charge < -0.3 is 5.32 Å². The Hall–Kier alpha value is -2.12. The van der Waals surface area contributed by atoms with Crippen molar-refractivity contribution in [2.45, 2.75) is 20.8 Å². The van der Waals surface area contributed by atoms with Crippen LogP contribution in [-0.4, -0.2) is 10.2 Å². The lowest BCUT2D eigenvalue weighted by atomic mass is 10.1. The minimum Gasteiger partial charge on any atom is -0.337 e. The normalized spacial score (nSPS) is 10.1. The monoisotopic (exact) mass is 272 g/mol. The van der Waals surface area contributed by atoms with Gasteiger partial charge in [0.15, 0.2) is 5.82 Å². The fourth-order valence-corrected chi connectivity index (χ4v) is 1.88. The van der Waals surface area contributed by atoms with Crippen LogP contribution in [0.5, 0.6) is 0 Å². The summed E-state index contributed by atoms with van der Waals surface area (Å²) in [7, 11) is 0. The van der Waals surface area contributed by atoms with E-state index in [0.717, 1.165) is 22.5 Å². The summed E-state index contributed by atoms with van der Waals surface area (Å²) in [6, 6.07) is 7.71. The lowest BCUT2D eigenvalue weighted by molar-refractivity contribution is 0.960. The van der Waals surface area contributed by atoms with E-state index in [4.69, 9.17) is 11.6 Å². The Morgan fingerprint density at radius 3 is 2.58 bits per heavy atom. The van der Waals surface area contributed by atoms with Gasteiger partial charge in [-0.2, -0.15) is 10.4 Å². The molecule has 19 heavy (non-hydrogen) atoms. The number of aromatic nitrogens is 2. The van der Waals surface area contributed by atoms with Crippen molar-refractivity contribution in [1.29, 1.82) is 5.26 Å². The van der Waals surface area contributed by atoms with Crippen LogP contribution in [0, 0.1) is 32.1 Å². The van der Waals surface area contributed by atoms with E-state index in [1.54, 1.807) is 0 Å². The van der Waals surface area contributed by atoms with Gasteiger partial charge in [0.05, 0.1) is 5.69 Å². The average Bonchev–Trinajstić information content (AvgIpc) is 2.39. The van der Waals surface area contributed by atoms with Crippen molar-refractivity contribution in [3.8, 4) is 6.07 Å². The number of benzene rings is 1. The van der Waals surface area contributed by atoms with Crippen LogP contribution in [0.2, 0.25) is 5.02 Å². The van der Waals surface area contributed by atoms with Crippen molar-refractivity contribution in [3.63, 3.8) is 0 Å². The summed E-state index contributed by atoms with van der Waals surface area (Å²) in [6.45, 7) is 5.60. The molecule has 2 aromatic rings. The molecule has 0 atom stereocenters. The highest BCUT2D eigenvalue weighted by Crippen LogP contribution is 2.27. The quantitative estimate of drug-likeness (QED) is 0.906. The Bertz CT molecular complexity index is 674. The molecule has 0 fully saturated rings. The second-order valence-electron chi connectivity index (χ2n) is 4.28. The van der Waals surface area contributed by atoms with E-state index in [0.29, 0.717) is 16.4 Å². The molecule has 0 aliphatic carbocycles. The molecular formula is C14H13ClN4. The average molecular weight is 273 g/mol. The number of nitrogens with zero attached hydrogens (tertiary/aromatic N) is 3. The molecule has 0 bridgehead atoms. The van der Waals surface area contributed by atoms with Gasteiger partial charge in [-0.3, -0.25) is 0 Å². The van der Waals surface area contributed by atoms with Crippen LogP contribution < -0.4 is 5.32 Å². The van der Waals surface area contributed by atoms with E-state index in [9.17, 15) is 5.26 Å². The second kappa shape index (κ2) is 5.25. The standard InChI is InChI=1S/C14H13ClN4/c1-8-10(3)18-19-14(11(8)7-16)17-13-6-4-5-12(15)9(13)2/h4-6H,1-3H3,(H,17,19). The first-order chi connectivity index (χ1) is 9.04. The van der Waals surface area contributed by atoms with Gasteiger partial charge in [-0.15, -0.1) is 5.10 Å². The number of aryl methyl sites for hydroxylation is 1. The number of halogens is 1. The summed E-state index contributed by atoms with van der Waals surface area (Å²) >= 11 is 6.07. The van der Waals surface area contributed by atoms with E-state index in [1.807, 2.05) is 39.0 Å². The molecule has 2 rings (SSSR count). The fraction of sp³-hybridized carbons (Fsp3) is 0.214. The predicted molar refractivity (Wildman–Crippen MR) is 75.7 cm³/mol. The third-order valence-electron chi connectivity index (χ3n) is 3.09. The van der Waals surface area contributed by atoms with Gasteiger partial charge in [-0.05, 0) is 44.0 Å². The molecule has 0 radical (unpaired) electrons. The van der Waals surface area contributed by atoms with E-state index < -0.39 is 0 Å². The van der Waals surface area contributed by atoms with Crippen LogP contribution in [0.15, 0.2) is 18.2 Å². The van der Waals surface area contributed by atoms with Crippen LogP contribution in [0.4, 0.5) is 11.5 Å². The van der Waals surface area contributed by atoms with Crippen molar-refractivity contribution in [1.82, 2.24) is 10.2 Å². The van der Waals surface area contributed by atoms with Gasteiger partial charge in [0.1, 0.15) is 11.6 Å². The molecule has 0 aliphatic heterocycles. The maximum atomic E-state index is 9.24. The number of nitrogens with one attached hydrogen (secondary N) is 1. The summed E-state index contributed by atoms with van der Waals surface area (Å²) in [5, 5.41) is 21.1. The minimum atomic E-state index is 0.455. The van der Waals surface area contributed by atoms with E-state index in [2.05, 4.69) is 21.6 Å². The Kier molecular flexibility index (Phi) is 3.68. The van der Waals surface area contributed by atoms with Gasteiger partial charge in [0.2, 0.25) is 0 Å². The summed E-state index contributed by atoms with van der Waals surface area (Å²) in [6.07, 6.45) is 0. The first-order valence-corrected chi connectivity index (χ1v) is 6.18. The number of hydrogen-bond acceptors (Lipinski definition) is 4. The first kappa shape index (κ1) is 13.3. The molecule has 1 aromatic heterocycles. The maximum Gasteiger partial charge on any atom is 0.171 e. The smallest absolute Gasteiger partial charge is 0.171 e. The zero-order valence-corrected chi connectivity index (χ0v) is 11.7. The molecular weight excluding hydrogens is 260 g/mol. The third-order valence-corrected chi connectivity index (χ3v) is 3.50. The third kappa shape index (κ3) is 2.51. The molecule has 0 saturated carbocycles. The number of nitriles is 1. The summed E-state index contributed by atoms with van der Waals surface area (Å²) in [5.74, 6) is 0.455. The maximum absolute atomic E-state index is 9.24. The molecule has 96 valence electrons. The molecule has 0 spiro atoms. The first-order valence-electron chi connectivity index (χ1n) is 5.80. The van der Waals surface area contributed by atoms with Crippen molar-refractivity contribution >= 4 is 23.1 Å². The number of hydrogen-bond donors (Lipinski definition) is 1. The van der Waals surface area contributed by atoms with Crippen molar-refractivity contribution in [2.24, 2.45) is 0 Å². The van der Waals surface area contributed by atoms with Crippen molar-refractivity contribution in [3.05, 3.63) is 45.6 Å². The number of anilines is 2. The van der Waals surface area contributed by atoms with Crippen LogP contribution in [0.25, 0.3) is 0 Å². The Morgan fingerprint density at radius 1 is 1.16 bits per heavy atom. The molecule has 1 heterocycles. The van der Waals surface area contributed by atoms with Gasteiger partial charge in [-0.25, -0.2) is 0 Å². The Balaban J connectivity index is 2.48. The SMILES string of the molecule is Cc1nnc(Nc2cccc(Cl)c2C)c(C#N)c1C. The van der Waals surface area contributed by atoms with E-state index in [-0.39, 0.29) is 0 Å². The highest BCUT2D eigenvalue weighted by Gasteiger charge is 2.12. The molecule has 0 saturated heterocycles. The predicted octanol–water partition coefficient (Wildman–Crippen LogP) is 3.67. The molecule has 4 nitrogen and oxygen atoms in total. The lowest BCUT2D eigenvalue weighted by Gasteiger charge is -2.12. The highest BCUT2D eigenvalue weighted by atomic mass is 35.5. The minimum absolute atomic E-state index is 0.455. The molecule has 0 unspecified atom stereocenters. The number of rotatable bonds is 2. The summed E-state index contributed by atoms with van der Waals surface area (Å²) in [5.41, 5.74) is 3.83. The zero-order chi connectivity index (χ0) is 14.0. The van der Waals surface area contributed by atoms with Crippen molar-refractivity contribution < 1.29 is 0 Å². The summed E-state index contributed by atoms with van der Waals surface area (Å²) in [4.78, 5) is 0. The molecule has 5 heteroatoms. The Labute approximate surface area is 117 Å². The van der Waals surface area contributed by atoms with Crippen molar-refractivity contribution in [2.75, 3.05) is 5.32 Å². The van der Waals surface area contributed by atoms with E-state index in [1.165, 1.54) is 0 Å². The van der Waals surface area contributed by atoms with Gasteiger partial charge in [0, 0.05) is 10.7 Å². The molecule has 0 aliphatic rings. The van der Waals surface area contributed by atoms with Gasteiger partial charge >= 0.3 is 0 Å². The van der Waals surface area contributed by atoms with Crippen LogP contribution in [-0.2, 0) is 0 Å². The topological polar surface area (TPSA) is 61.6 Å². The molecule has 1 N–H and O–H groups in total. The van der Waals surface area contributed by atoms with Crippen LogP contribution in [0.1, 0.15) is 22.4 Å². The largest absolute Gasteiger partial charge is 0.337 e. The fourth-order valence-electron chi connectivity index (χ4n) is 1.70. The molecule has 1 aromatic carbocycles. The van der Waals surface area contributed by atoms with Gasteiger partial charge in [-0.1, -0.05) is 17.7 Å². The van der Waals surface area contributed by atoms with E-state index >= 15 is 0 Å². The Morgan fingerprint density at radius 2 is 1.89 bits per heavy atom. The second-order valence-corrected chi connectivity index (χ2v) is 4.69. The lowest BCUT2D eigenvalue weighted by Crippen LogP contribution is -2.04.